The summed E-state index contributed by atoms with van der Waals surface area (Å²) in [5.74, 6) is 0.259. The fraction of sp³-hybridized carbons (Fsp3) is 0.556. The minimum Gasteiger partial charge on any atom is -0.478 e. The zero-order valence-electron chi connectivity index (χ0n) is 21.1. The van der Waals surface area contributed by atoms with E-state index >= 15 is 0 Å². The molecular formula is C27H38N4O4. The molecule has 8 nitrogen and oxygen atoms in total. The third-order valence-corrected chi connectivity index (χ3v) is 6.11. The van der Waals surface area contributed by atoms with E-state index < -0.39 is 17.7 Å². The minimum absolute atomic E-state index is 0.166. The van der Waals surface area contributed by atoms with Crippen molar-refractivity contribution in [3.63, 3.8) is 0 Å². The molecule has 190 valence electrons. The summed E-state index contributed by atoms with van der Waals surface area (Å²) in [4.78, 5) is 34.6. The van der Waals surface area contributed by atoms with E-state index in [9.17, 15) is 14.7 Å². The third kappa shape index (κ3) is 8.85. The smallest absolute Gasteiger partial charge is 0.407 e. The van der Waals surface area contributed by atoms with Crippen LogP contribution in [0.3, 0.4) is 0 Å². The molecule has 0 saturated carbocycles. The molecule has 8 heteroatoms. The lowest BCUT2D eigenvalue weighted by molar-refractivity contribution is 0.0526. The number of nitrogens with zero attached hydrogens (tertiary/aromatic N) is 3. The third-order valence-electron chi connectivity index (χ3n) is 6.11. The fourth-order valence-electron chi connectivity index (χ4n) is 4.31. The average molecular weight is 483 g/mol. The number of aromatic nitrogens is 2. The number of alkyl carbamates (subject to hydrolysis) is 1. The summed E-state index contributed by atoms with van der Waals surface area (Å²) in [7, 11) is 0. The van der Waals surface area contributed by atoms with Crippen molar-refractivity contribution in [2.45, 2.75) is 71.3 Å². The molecule has 0 unspecified atom stereocenters. The van der Waals surface area contributed by atoms with Gasteiger partial charge in [0, 0.05) is 25.8 Å². The summed E-state index contributed by atoms with van der Waals surface area (Å²) in [6.45, 7) is 7.76. The Bertz CT molecular complexity index is 967. The highest BCUT2D eigenvalue weighted by atomic mass is 16.6. The fourth-order valence-corrected chi connectivity index (χ4v) is 4.31. The monoisotopic (exact) mass is 482 g/mol. The molecule has 1 aromatic heterocycles. The number of carbonyl (C=O) groups excluding carboxylic acids is 1. The molecule has 0 atom stereocenters. The molecule has 2 N–H and O–H groups in total. The highest BCUT2D eigenvalue weighted by molar-refractivity contribution is 5.88. The van der Waals surface area contributed by atoms with Crippen molar-refractivity contribution in [2.24, 2.45) is 5.92 Å². The van der Waals surface area contributed by atoms with Gasteiger partial charge >= 0.3 is 12.1 Å². The Labute approximate surface area is 208 Å². The lowest BCUT2D eigenvalue weighted by Crippen LogP contribution is -2.35. The van der Waals surface area contributed by atoms with Gasteiger partial charge in [0.1, 0.15) is 5.60 Å². The van der Waals surface area contributed by atoms with Crippen LogP contribution in [-0.2, 0) is 17.6 Å². The van der Waals surface area contributed by atoms with Gasteiger partial charge in [0.2, 0.25) is 5.95 Å². The highest BCUT2D eigenvalue weighted by Crippen LogP contribution is 2.25. The van der Waals surface area contributed by atoms with Gasteiger partial charge in [-0.1, -0.05) is 36.8 Å². The average Bonchev–Trinajstić information content (AvgIpc) is 2.81. The lowest BCUT2D eigenvalue weighted by atomic mass is 9.90. The lowest BCUT2D eigenvalue weighted by Gasteiger charge is -2.32. The van der Waals surface area contributed by atoms with Gasteiger partial charge < -0.3 is 20.1 Å². The van der Waals surface area contributed by atoms with Gasteiger partial charge in [-0.3, -0.25) is 0 Å². The van der Waals surface area contributed by atoms with Crippen molar-refractivity contribution in [3.05, 3.63) is 53.3 Å². The van der Waals surface area contributed by atoms with Crippen LogP contribution in [0.5, 0.6) is 0 Å². The zero-order chi connectivity index (χ0) is 25.3. The summed E-state index contributed by atoms with van der Waals surface area (Å²) in [6.07, 6.45) is 7.23. The summed E-state index contributed by atoms with van der Waals surface area (Å²) in [6, 6.07) is 10.6. The maximum Gasteiger partial charge on any atom is 0.407 e. The predicted octanol–water partition coefficient (Wildman–Crippen LogP) is 4.87. The number of carbonyl (C=O) groups is 2. The van der Waals surface area contributed by atoms with E-state index in [4.69, 9.17) is 4.74 Å². The number of hydrogen-bond acceptors (Lipinski definition) is 6. The number of aryl methyl sites for hydroxylation is 1. The van der Waals surface area contributed by atoms with Gasteiger partial charge in [-0.15, -0.1) is 0 Å². The molecule has 1 aliphatic rings. The van der Waals surface area contributed by atoms with Gasteiger partial charge in [0.25, 0.3) is 0 Å². The summed E-state index contributed by atoms with van der Waals surface area (Å²) in [5.41, 5.74) is 1.60. The Balaban J connectivity index is 1.47. The molecule has 1 saturated heterocycles. The van der Waals surface area contributed by atoms with Crippen LogP contribution >= 0.6 is 0 Å². The molecule has 2 aromatic rings. The van der Waals surface area contributed by atoms with E-state index in [1.54, 1.807) is 0 Å². The van der Waals surface area contributed by atoms with Gasteiger partial charge in [-0.05, 0) is 70.8 Å². The van der Waals surface area contributed by atoms with E-state index in [0.717, 1.165) is 51.6 Å². The number of aromatic carboxylic acids is 1. The van der Waals surface area contributed by atoms with Gasteiger partial charge in [-0.25, -0.2) is 19.6 Å². The Morgan fingerprint density at radius 2 is 1.83 bits per heavy atom. The number of carboxylic acids is 1. The van der Waals surface area contributed by atoms with E-state index in [0.29, 0.717) is 30.5 Å². The Kier molecular flexibility index (Phi) is 9.46. The molecular weight excluding hydrogens is 444 g/mol. The first kappa shape index (κ1) is 26.4. The van der Waals surface area contributed by atoms with Crippen molar-refractivity contribution >= 4 is 18.0 Å². The summed E-state index contributed by atoms with van der Waals surface area (Å²) in [5, 5.41) is 12.3. The number of unbranched alkanes of at least 4 members (excludes halogenated alkanes) is 2. The Hall–Kier alpha value is -3.16. The molecule has 1 aliphatic heterocycles. The second kappa shape index (κ2) is 12.5. The molecule has 0 aliphatic carbocycles. The number of piperidine rings is 1. The number of ether oxygens (including phenoxy) is 1. The van der Waals surface area contributed by atoms with Crippen LogP contribution in [0.15, 0.2) is 36.5 Å². The number of benzene rings is 1. The number of hydrogen-bond donors (Lipinski definition) is 2. The second-order valence-electron chi connectivity index (χ2n) is 10.2. The molecule has 0 bridgehead atoms. The van der Waals surface area contributed by atoms with E-state index in [1.807, 2.05) is 26.8 Å². The Morgan fingerprint density at radius 3 is 2.49 bits per heavy atom. The van der Waals surface area contributed by atoms with Gasteiger partial charge in [-0.2, -0.15) is 0 Å². The SMILES string of the molecule is CC(C)(C)OC(=O)NCCCCCc1nc(N2CCC(Cc3ccccc3)CC2)ncc1C(=O)O. The molecule has 3 rings (SSSR count). The van der Waals surface area contributed by atoms with E-state index in [2.05, 4.69) is 44.5 Å². The van der Waals surface area contributed by atoms with E-state index in [1.165, 1.54) is 11.8 Å². The van der Waals surface area contributed by atoms with Crippen molar-refractivity contribution in [3.8, 4) is 0 Å². The van der Waals surface area contributed by atoms with Crippen LogP contribution in [0.4, 0.5) is 10.7 Å². The molecule has 1 amide bonds. The first-order valence-corrected chi connectivity index (χ1v) is 12.6. The molecule has 1 aromatic carbocycles. The number of amides is 1. The molecule has 2 heterocycles. The zero-order valence-corrected chi connectivity index (χ0v) is 21.1. The predicted molar refractivity (Wildman–Crippen MR) is 136 cm³/mol. The maximum atomic E-state index is 11.7. The standard InChI is InChI=1S/C27H38N4O4/c1-27(2,3)35-26(34)28-15-9-5-8-12-23-22(24(32)33)19-29-25(30-23)31-16-13-21(14-17-31)18-20-10-6-4-7-11-20/h4,6-7,10-11,19,21H,5,8-9,12-18H2,1-3H3,(H,28,34)(H,32,33). The maximum absolute atomic E-state index is 11.7. The molecule has 1 fully saturated rings. The number of nitrogens with one attached hydrogen (secondary N) is 1. The van der Waals surface area contributed by atoms with Crippen molar-refractivity contribution in [1.82, 2.24) is 15.3 Å². The van der Waals surface area contributed by atoms with Gasteiger partial charge in [0.15, 0.2) is 0 Å². The number of carboxylic acid groups (broad SMARTS) is 1. The topological polar surface area (TPSA) is 105 Å². The largest absolute Gasteiger partial charge is 0.478 e. The van der Waals surface area contributed by atoms with E-state index in [-0.39, 0.29) is 5.56 Å². The second-order valence-corrected chi connectivity index (χ2v) is 10.2. The highest BCUT2D eigenvalue weighted by Gasteiger charge is 2.23. The Morgan fingerprint density at radius 1 is 1.11 bits per heavy atom. The molecule has 0 radical (unpaired) electrons. The first-order chi connectivity index (χ1) is 16.7. The van der Waals surface area contributed by atoms with Crippen LogP contribution in [0.2, 0.25) is 0 Å². The van der Waals surface area contributed by atoms with Crippen LogP contribution in [0, 0.1) is 5.92 Å². The van der Waals surface area contributed by atoms with Crippen LogP contribution in [0.1, 0.15) is 74.5 Å². The number of rotatable bonds is 10. The van der Waals surface area contributed by atoms with Crippen LogP contribution < -0.4 is 10.2 Å². The summed E-state index contributed by atoms with van der Waals surface area (Å²) < 4.78 is 5.23. The van der Waals surface area contributed by atoms with Crippen LogP contribution in [-0.4, -0.2) is 52.4 Å². The van der Waals surface area contributed by atoms with Crippen molar-refractivity contribution < 1.29 is 19.4 Å². The van der Waals surface area contributed by atoms with Crippen molar-refractivity contribution in [1.29, 1.82) is 0 Å². The number of anilines is 1. The molecule has 0 spiro atoms. The quantitative estimate of drug-likeness (QED) is 0.465. The van der Waals surface area contributed by atoms with Crippen LogP contribution in [0.25, 0.3) is 0 Å². The van der Waals surface area contributed by atoms with Gasteiger partial charge in [0.05, 0.1) is 11.3 Å². The molecule has 35 heavy (non-hydrogen) atoms. The van der Waals surface area contributed by atoms with Crippen molar-refractivity contribution in [2.75, 3.05) is 24.5 Å². The summed E-state index contributed by atoms with van der Waals surface area (Å²) >= 11 is 0. The normalized spacial score (nSPS) is 14.5. The first-order valence-electron chi connectivity index (χ1n) is 12.6. The minimum atomic E-state index is -1.00.